The maximum atomic E-state index is 11.0. The summed E-state index contributed by atoms with van der Waals surface area (Å²) in [6, 6.07) is -0.528. The minimum absolute atomic E-state index is 0.0702. The second kappa shape index (κ2) is 4.21. The van der Waals surface area contributed by atoms with E-state index in [1.165, 1.54) is 0 Å². The summed E-state index contributed by atoms with van der Waals surface area (Å²) in [4.78, 5) is 11.0. The van der Waals surface area contributed by atoms with Gasteiger partial charge in [0.2, 0.25) is 0 Å². The lowest BCUT2D eigenvalue weighted by atomic mass is 10.2. The molecule has 4 heteroatoms. The zero-order chi connectivity index (χ0) is 9.78. The molecule has 0 aromatic heterocycles. The Morgan fingerprint density at radius 2 is 2.17 bits per heavy atom. The van der Waals surface area contributed by atoms with Gasteiger partial charge in [-0.15, -0.1) is 0 Å². The van der Waals surface area contributed by atoms with Crippen molar-refractivity contribution in [2.24, 2.45) is 5.73 Å². The summed E-state index contributed by atoms with van der Waals surface area (Å²) >= 11 is 0. The first-order valence-corrected chi connectivity index (χ1v) is 3.83. The van der Waals surface area contributed by atoms with E-state index in [4.69, 9.17) is 15.9 Å². The molecule has 0 bridgehead atoms. The molecule has 3 N–H and O–H groups in total. The first-order chi connectivity index (χ1) is 5.35. The predicted molar refractivity (Wildman–Crippen MR) is 47.2 cm³/mol. The van der Waals surface area contributed by atoms with Crippen molar-refractivity contribution in [3.8, 4) is 0 Å². The predicted octanol–water partition coefficient (Wildman–Crippen LogP) is 0.695. The fraction of sp³-hybridized carbons (Fsp3) is 0.750. The molecular formula is C8H16N2O2. The van der Waals surface area contributed by atoms with Crippen molar-refractivity contribution in [3.05, 3.63) is 0 Å². The van der Waals surface area contributed by atoms with Crippen molar-refractivity contribution in [3.63, 3.8) is 0 Å². The summed E-state index contributed by atoms with van der Waals surface area (Å²) in [6.07, 6.45) is 1.10. The van der Waals surface area contributed by atoms with Gasteiger partial charge in [0.05, 0.1) is 6.42 Å². The van der Waals surface area contributed by atoms with Crippen LogP contribution in [-0.2, 0) is 9.53 Å². The number of carbonyl (C=O) groups is 1. The normalized spacial score (nSPS) is 13.7. The van der Waals surface area contributed by atoms with E-state index < -0.39 is 11.6 Å². The third kappa shape index (κ3) is 5.85. The Morgan fingerprint density at radius 3 is 2.50 bits per heavy atom. The van der Waals surface area contributed by atoms with Gasteiger partial charge < -0.3 is 15.9 Å². The van der Waals surface area contributed by atoms with E-state index in [1.54, 1.807) is 20.8 Å². The SMILES string of the molecule is CC(C)(C)OC(=O)C[C@H](N)C=N. The van der Waals surface area contributed by atoms with Gasteiger partial charge in [0.1, 0.15) is 5.60 Å². The monoisotopic (exact) mass is 172 g/mol. The largest absolute Gasteiger partial charge is 0.460 e. The van der Waals surface area contributed by atoms with Crippen LogP contribution in [0, 0.1) is 5.41 Å². The number of rotatable bonds is 3. The smallest absolute Gasteiger partial charge is 0.308 e. The van der Waals surface area contributed by atoms with E-state index in [0.717, 1.165) is 6.21 Å². The average molecular weight is 172 g/mol. The summed E-state index contributed by atoms with van der Waals surface area (Å²) < 4.78 is 4.99. The molecule has 0 aliphatic rings. The Bertz CT molecular complexity index is 172. The van der Waals surface area contributed by atoms with Crippen molar-refractivity contribution < 1.29 is 9.53 Å². The van der Waals surface area contributed by atoms with E-state index in [9.17, 15) is 4.79 Å². The number of esters is 1. The zero-order valence-electron chi connectivity index (χ0n) is 7.76. The molecule has 0 rings (SSSR count). The number of carbonyl (C=O) groups excluding carboxylic acids is 1. The molecule has 0 amide bonds. The van der Waals surface area contributed by atoms with Gasteiger partial charge in [-0.3, -0.25) is 4.79 Å². The first kappa shape index (κ1) is 11.1. The molecule has 0 aliphatic carbocycles. The molecule has 0 aromatic carbocycles. The minimum Gasteiger partial charge on any atom is -0.460 e. The van der Waals surface area contributed by atoms with Crippen LogP contribution >= 0.6 is 0 Å². The summed E-state index contributed by atoms with van der Waals surface area (Å²) in [6.45, 7) is 5.38. The molecule has 0 fully saturated rings. The lowest BCUT2D eigenvalue weighted by Gasteiger charge is -2.19. The minimum atomic E-state index is -0.528. The molecular weight excluding hydrogens is 156 g/mol. The molecule has 0 radical (unpaired) electrons. The van der Waals surface area contributed by atoms with E-state index in [2.05, 4.69) is 0 Å². The molecule has 0 spiro atoms. The van der Waals surface area contributed by atoms with Crippen LogP contribution in [-0.4, -0.2) is 23.8 Å². The Morgan fingerprint density at radius 1 is 1.67 bits per heavy atom. The average Bonchev–Trinajstić information content (AvgIpc) is 1.82. The molecule has 12 heavy (non-hydrogen) atoms. The third-order valence-electron chi connectivity index (χ3n) is 1.04. The van der Waals surface area contributed by atoms with Crippen molar-refractivity contribution >= 4 is 12.2 Å². The number of nitrogens with one attached hydrogen (secondary N) is 1. The van der Waals surface area contributed by atoms with Crippen LogP contribution in [0.5, 0.6) is 0 Å². The second-order valence-electron chi connectivity index (χ2n) is 3.62. The van der Waals surface area contributed by atoms with Crippen LogP contribution in [0.15, 0.2) is 0 Å². The van der Waals surface area contributed by atoms with Crippen LogP contribution in [0.2, 0.25) is 0 Å². The Kier molecular flexibility index (Phi) is 3.89. The maximum absolute atomic E-state index is 11.0. The Labute approximate surface area is 72.6 Å². The van der Waals surface area contributed by atoms with Crippen LogP contribution in [0.25, 0.3) is 0 Å². The fourth-order valence-electron chi connectivity index (χ4n) is 0.635. The van der Waals surface area contributed by atoms with Crippen molar-refractivity contribution in [1.82, 2.24) is 0 Å². The topological polar surface area (TPSA) is 76.2 Å². The highest BCUT2D eigenvalue weighted by atomic mass is 16.6. The number of ether oxygens (including phenoxy) is 1. The molecule has 1 atom stereocenters. The van der Waals surface area contributed by atoms with Gasteiger partial charge in [-0.1, -0.05) is 0 Å². The Balaban J connectivity index is 3.82. The lowest BCUT2D eigenvalue weighted by molar-refractivity contribution is -0.154. The van der Waals surface area contributed by atoms with Crippen LogP contribution in [0.1, 0.15) is 27.2 Å². The van der Waals surface area contributed by atoms with Crippen LogP contribution in [0.3, 0.4) is 0 Å². The van der Waals surface area contributed by atoms with Crippen molar-refractivity contribution in [2.75, 3.05) is 0 Å². The highest BCUT2D eigenvalue weighted by Gasteiger charge is 2.17. The lowest BCUT2D eigenvalue weighted by Crippen LogP contribution is -2.30. The van der Waals surface area contributed by atoms with Crippen molar-refractivity contribution in [2.45, 2.75) is 38.8 Å². The van der Waals surface area contributed by atoms with Crippen molar-refractivity contribution in [1.29, 1.82) is 5.41 Å². The molecule has 4 nitrogen and oxygen atoms in total. The van der Waals surface area contributed by atoms with Gasteiger partial charge in [-0.2, -0.15) is 0 Å². The number of nitrogens with two attached hydrogens (primary N) is 1. The van der Waals surface area contributed by atoms with Gasteiger partial charge in [-0.25, -0.2) is 0 Å². The van der Waals surface area contributed by atoms with Crippen LogP contribution in [0.4, 0.5) is 0 Å². The maximum Gasteiger partial charge on any atom is 0.308 e. The second-order valence-corrected chi connectivity index (χ2v) is 3.62. The van der Waals surface area contributed by atoms with Gasteiger partial charge in [0.25, 0.3) is 0 Å². The summed E-state index contributed by atoms with van der Waals surface area (Å²) in [5.41, 5.74) is 4.88. The highest BCUT2D eigenvalue weighted by Crippen LogP contribution is 2.08. The Hall–Kier alpha value is -0.900. The zero-order valence-corrected chi connectivity index (χ0v) is 7.76. The van der Waals surface area contributed by atoms with E-state index in [-0.39, 0.29) is 12.4 Å². The van der Waals surface area contributed by atoms with E-state index in [0.29, 0.717) is 0 Å². The molecule has 0 saturated carbocycles. The van der Waals surface area contributed by atoms with E-state index >= 15 is 0 Å². The molecule has 0 heterocycles. The van der Waals surface area contributed by atoms with Crippen LogP contribution < -0.4 is 5.73 Å². The number of hydrogen-bond acceptors (Lipinski definition) is 4. The van der Waals surface area contributed by atoms with Gasteiger partial charge in [0.15, 0.2) is 0 Å². The molecule has 0 saturated heterocycles. The van der Waals surface area contributed by atoms with E-state index in [1.807, 2.05) is 0 Å². The number of hydrogen-bond donors (Lipinski definition) is 2. The molecule has 0 aromatic rings. The summed E-state index contributed by atoms with van der Waals surface area (Å²) in [7, 11) is 0. The quantitative estimate of drug-likeness (QED) is 0.486. The summed E-state index contributed by atoms with van der Waals surface area (Å²) in [5.74, 6) is -0.362. The fourth-order valence-corrected chi connectivity index (χ4v) is 0.635. The van der Waals surface area contributed by atoms with Gasteiger partial charge >= 0.3 is 5.97 Å². The highest BCUT2D eigenvalue weighted by molar-refractivity contribution is 5.76. The molecule has 0 unspecified atom stereocenters. The first-order valence-electron chi connectivity index (χ1n) is 3.83. The van der Waals surface area contributed by atoms with Gasteiger partial charge in [0, 0.05) is 12.3 Å². The molecule has 0 aliphatic heterocycles. The summed E-state index contributed by atoms with van der Waals surface area (Å²) in [5, 5.41) is 6.78. The van der Waals surface area contributed by atoms with Gasteiger partial charge in [-0.05, 0) is 20.8 Å². The third-order valence-corrected chi connectivity index (χ3v) is 1.04. The standard InChI is InChI=1S/C8H16N2O2/c1-8(2,3)12-7(11)4-6(10)5-9/h5-6,9H,4,10H2,1-3H3/t6-/m0/s1. The molecule has 70 valence electrons.